The summed E-state index contributed by atoms with van der Waals surface area (Å²) in [6.45, 7) is 4.06. The molecule has 48 heavy (non-hydrogen) atoms. The molecule has 10 nitrogen and oxygen atoms in total. The molecule has 2 aromatic carbocycles. The number of nitrogens with zero attached hydrogens (tertiary/aromatic N) is 4. The summed E-state index contributed by atoms with van der Waals surface area (Å²) < 4.78 is 1.50. The van der Waals surface area contributed by atoms with E-state index in [-0.39, 0.29) is 41.9 Å². The number of hydrogen-bond donors (Lipinski definition) is 2. The Balaban J connectivity index is 1.27. The van der Waals surface area contributed by atoms with Crippen LogP contribution in [0.1, 0.15) is 73.5 Å². The lowest BCUT2D eigenvalue weighted by Crippen LogP contribution is -2.56. The zero-order chi connectivity index (χ0) is 34.0. The first-order valence-electron chi connectivity index (χ1n) is 17.4. The molecular weight excluding hydrogens is 604 g/mol. The molecule has 2 aliphatic rings. The van der Waals surface area contributed by atoms with Crippen molar-refractivity contribution in [2.45, 2.75) is 76.8 Å². The summed E-state index contributed by atoms with van der Waals surface area (Å²) in [5.41, 5.74) is 3.14. The van der Waals surface area contributed by atoms with E-state index < -0.39 is 12.0 Å². The van der Waals surface area contributed by atoms with E-state index in [1.165, 1.54) is 10.2 Å². The van der Waals surface area contributed by atoms with Crippen molar-refractivity contribution in [1.29, 1.82) is 0 Å². The van der Waals surface area contributed by atoms with Gasteiger partial charge in [-0.15, -0.1) is 0 Å². The van der Waals surface area contributed by atoms with Gasteiger partial charge in [-0.2, -0.15) is 5.10 Å². The molecule has 1 aromatic heterocycles. The minimum absolute atomic E-state index is 0.0303. The van der Waals surface area contributed by atoms with Crippen LogP contribution in [0, 0.1) is 11.8 Å². The second-order valence-electron chi connectivity index (χ2n) is 13.5. The van der Waals surface area contributed by atoms with Gasteiger partial charge >= 0.3 is 0 Å². The van der Waals surface area contributed by atoms with Gasteiger partial charge in [0, 0.05) is 63.4 Å². The highest BCUT2D eigenvalue weighted by atomic mass is 16.2. The zero-order valence-electron chi connectivity index (χ0n) is 28.6. The van der Waals surface area contributed by atoms with Crippen LogP contribution in [0.5, 0.6) is 0 Å². The largest absolute Gasteiger partial charge is 0.339 e. The molecule has 1 aliphatic heterocycles. The van der Waals surface area contributed by atoms with Gasteiger partial charge in [0.2, 0.25) is 11.8 Å². The number of ketones is 1. The molecule has 2 fully saturated rings. The highest BCUT2D eigenvalue weighted by molar-refractivity contribution is 6.00. The molecule has 0 spiro atoms. The number of aromatic nitrogens is 2. The molecule has 0 radical (unpaired) electrons. The van der Waals surface area contributed by atoms with Crippen molar-refractivity contribution in [1.82, 2.24) is 24.9 Å². The summed E-state index contributed by atoms with van der Waals surface area (Å²) in [6, 6.07) is 18.8. The number of benzene rings is 2. The first kappa shape index (κ1) is 35.0. The zero-order valence-corrected chi connectivity index (χ0v) is 28.6. The summed E-state index contributed by atoms with van der Waals surface area (Å²) in [6.07, 6.45) is 8.34. The van der Waals surface area contributed by atoms with Crippen molar-refractivity contribution in [2.24, 2.45) is 18.9 Å². The standard InChI is InChI=1S/C38H50N6O4/c1-4-33(45)25-30(38(48)44-22-21-42(2)26-32(44)24-27-11-7-5-8-12-27)23-28-15-17-31(18-16-28)40-37(47)35(29-13-9-6-10-14-29)41-36(46)34-19-20-39-43(34)3/h5,7-8,11-12,15-20,29-30,32,35H,4,6,9-10,13-14,21-26H2,1-3H3,(H,40,47)(H,41,46)/t30-,32+,35-/m0/s1. The molecule has 3 atom stereocenters. The van der Waals surface area contributed by atoms with Crippen LogP contribution in [-0.2, 0) is 34.3 Å². The van der Waals surface area contributed by atoms with Crippen molar-refractivity contribution in [3.05, 3.63) is 83.7 Å². The lowest BCUT2D eigenvalue weighted by molar-refractivity contribution is -0.142. The first-order valence-corrected chi connectivity index (χ1v) is 17.4. The number of anilines is 1. The predicted molar refractivity (Wildman–Crippen MR) is 186 cm³/mol. The van der Waals surface area contributed by atoms with E-state index in [0.29, 0.717) is 30.8 Å². The fourth-order valence-corrected chi connectivity index (χ4v) is 7.17. The maximum absolute atomic E-state index is 14.2. The van der Waals surface area contributed by atoms with Crippen molar-refractivity contribution in [3.63, 3.8) is 0 Å². The van der Waals surface area contributed by atoms with Gasteiger partial charge in [-0.05, 0) is 68.0 Å². The third-order valence-electron chi connectivity index (χ3n) is 9.95. The number of carbonyl (C=O) groups is 4. The average molecular weight is 655 g/mol. The molecule has 1 aliphatic carbocycles. The molecule has 0 bridgehead atoms. The molecular formula is C38H50N6O4. The molecule has 1 saturated heterocycles. The van der Waals surface area contributed by atoms with Crippen LogP contribution in [0.15, 0.2) is 66.9 Å². The predicted octanol–water partition coefficient (Wildman–Crippen LogP) is 4.65. The SMILES string of the molecule is CCC(=O)C[C@H](Cc1ccc(NC(=O)[C@@H](NC(=O)c2ccnn2C)C2CCCCC2)cc1)C(=O)N1CCN(C)C[C@H]1Cc1ccccc1. The van der Waals surface area contributed by atoms with Crippen LogP contribution in [0.3, 0.4) is 0 Å². The normalized spacial score (nSPS) is 18.6. The van der Waals surface area contributed by atoms with Crippen LogP contribution < -0.4 is 10.6 Å². The fourth-order valence-electron chi connectivity index (χ4n) is 7.17. The molecule has 3 aromatic rings. The minimum Gasteiger partial charge on any atom is -0.339 e. The Hall–Kier alpha value is -4.31. The first-order chi connectivity index (χ1) is 23.2. The van der Waals surface area contributed by atoms with Gasteiger partial charge < -0.3 is 20.4 Å². The number of piperazine rings is 1. The number of carbonyl (C=O) groups excluding carboxylic acids is 4. The fraction of sp³-hybridized carbons (Fsp3) is 0.500. The van der Waals surface area contributed by atoms with Gasteiger partial charge in [0.1, 0.15) is 17.5 Å². The molecule has 2 heterocycles. The van der Waals surface area contributed by atoms with Crippen LogP contribution in [0.25, 0.3) is 0 Å². The Labute approximate surface area is 284 Å². The minimum atomic E-state index is -0.665. The average Bonchev–Trinajstić information content (AvgIpc) is 3.54. The van der Waals surface area contributed by atoms with E-state index in [2.05, 4.69) is 39.8 Å². The number of rotatable bonds is 13. The maximum Gasteiger partial charge on any atom is 0.270 e. The van der Waals surface area contributed by atoms with Crippen molar-refractivity contribution >= 4 is 29.2 Å². The Bertz CT molecular complexity index is 1530. The van der Waals surface area contributed by atoms with Crippen molar-refractivity contribution in [2.75, 3.05) is 32.0 Å². The highest BCUT2D eigenvalue weighted by Crippen LogP contribution is 2.28. The molecule has 10 heteroatoms. The van der Waals surface area contributed by atoms with Crippen LogP contribution in [-0.4, -0.2) is 81.9 Å². The summed E-state index contributed by atoms with van der Waals surface area (Å²) in [4.78, 5) is 57.8. The number of amides is 3. The van der Waals surface area contributed by atoms with Crippen molar-refractivity contribution < 1.29 is 19.2 Å². The highest BCUT2D eigenvalue weighted by Gasteiger charge is 2.35. The van der Waals surface area contributed by atoms with E-state index in [0.717, 1.165) is 57.2 Å². The summed E-state index contributed by atoms with van der Waals surface area (Å²) >= 11 is 0. The number of likely N-dealkylation sites (N-methyl/N-ethyl adjacent to an activating group) is 1. The number of aryl methyl sites for hydroxylation is 1. The van der Waals surface area contributed by atoms with E-state index in [9.17, 15) is 19.2 Å². The Morgan fingerprint density at radius 3 is 2.29 bits per heavy atom. The second kappa shape index (κ2) is 16.7. The molecule has 3 amide bonds. The molecule has 256 valence electrons. The third-order valence-corrected chi connectivity index (χ3v) is 9.95. The van der Waals surface area contributed by atoms with Crippen LogP contribution in [0.2, 0.25) is 0 Å². The number of Topliss-reactive ketones (excluding diaryl/α,β-unsaturated/α-hetero) is 1. The van der Waals surface area contributed by atoms with Crippen LogP contribution in [0.4, 0.5) is 5.69 Å². The second-order valence-corrected chi connectivity index (χ2v) is 13.5. The Morgan fingerprint density at radius 1 is 0.896 bits per heavy atom. The van der Waals surface area contributed by atoms with Gasteiger partial charge in [0.25, 0.3) is 5.91 Å². The van der Waals surface area contributed by atoms with E-state index in [4.69, 9.17) is 0 Å². The van der Waals surface area contributed by atoms with Gasteiger partial charge in [-0.1, -0.05) is 68.7 Å². The van der Waals surface area contributed by atoms with Gasteiger partial charge in [-0.3, -0.25) is 23.9 Å². The van der Waals surface area contributed by atoms with Gasteiger partial charge in [-0.25, -0.2) is 0 Å². The lowest BCUT2D eigenvalue weighted by Gasteiger charge is -2.41. The Kier molecular flexibility index (Phi) is 12.2. The monoisotopic (exact) mass is 654 g/mol. The number of hydrogen-bond acceptors (Lipinski definition) is 6. The van der Waals surface area contributed by atoms with E-state index >= 15 is 0 Å². The molecule has 1 saturated carbocycles. The smallest absolute Gasteiger partial charge is 0.270 e. The summed E-state index contributed by atoms with van der Waals surface area (Å²) in [7, 11) is 3.79. The topological polar surface area (TPSA) is 117 Å². The number of nitrogens with one attached hydrogen (secondary N) is 2. The molecule has 0 unspecified atom stereocenters. The van der Waals surface area contributed by atoms with Crippen molar-refractivity contribution in [3.8, 4) is 0 Å². The quantitative estimate of drug-likeness (QED) is 0.277. The lowest BCUT2D eigenvalue weighted by atomic mass is 9.83. The van der Waals surface area contributed by atoms with Crippen LogP contribution >= 0.6 is 0 Å². The molecule has 2 N–H and O–H groups in total. The van der Waals surface area contributed by atoms with Gasteiger partial charge in [0.15, 0.2) is 0 Å². The Morgan fingerprint density at radius 2 is 1.62 bits per heavy atom. The van der Waals surface area contributed by atoms with Gasteiger partial charge in [0.05, 0.1) is 0 Å². The molecule has 5 rings (SSSR count). The van der Waals surface area contributed by atoms with E-state index in [1.54, 1.807) is 19.3 Å². The summed E-state index contributed by atoms with van der Waals surface area (Å²) in [5, 5.41) is 10.1. The third kappa shape index (κ3) is 9.18. The maximum atomic E-state index is 14.2. The van der Waals surface area contributed by atoms with E-state index in [1.807, 2.05) is 54.3 Å². The summed E-state index contributed by atoms with van der Waals surface area (Å²) in [5.74, 6) is -0.863.